The van der Waals surface area contributed by atoms with Crippen LogP contribution >= 0.6 is 0 Å². The van der Waals surface area contributed by atoms with Gasteiger partial charge in [-0.1, -0.05) is 26.7 Å². The van der Waals surface area contributed by atoms with E-state index in [-0.39, 0.29) is 35.1 Å². The van der Waals surface area contributed by atoms with Crippen LogP contribution in [0.4, 0.5) is 0 Å². The Bertz CT molecular complexity index is 456. The second-order valence-electron chi connectivity index (χ2n) is 8.10. The molecule has 0 spiro atoms. The van der Waals surface area contributed by atoms with Crippen LogP contribution in [0.5, 0.6) is 0 Å². The van der Waals surface area contributed by atoms with Crippen LogP contribution in [0.3, 0.4) is 0 Å². The maximum absolute atomic E-state index is 12.5. The summed E-state index contributed by atoms with van der Waals surface area (Å²) in [5.41, 5.74) is 0. The minimum atomic E-state index is -1.84. The Kier molecular flexibility index (Phi) is 4.29. The zero-order chi connectivity index (χ0) is 16.0. The van der Waals surface area contributed by atoms with Crippen molar-refractivity contribution in [2.45, 2.75) is 83.3 Å². The molecule has 4 heteroatoms. The van der Waals surface area contributed by atoms with Crippen molar-refractivity contribution in [3.63, 3.8) is 0 Å². The Morgan fingerprint density at radius 2 is 1.90 bits per heavy atom. The summed E-state index contributed by atoms with van der Waals surface area (Å²) >= 11 is 0. The van der Waals surface area contributed by atoms with E-state index in [1.165, 1.54) is 0 Å². The highest BCUT2D eigenvalue weighted by Gasteiger charge is 2.48. The van der Waals surface area contributed by atoms with Crippen LogP contribution in [0.2, 0.25) is 18.1 Å². The first-order valence-electron chi connectivity index (χ1n) is 8.04. The van der Waals surface area contributed by atoms with Crippen molar-refractivity contribution in [3.05, 3.63) is 0 Å². The van der Waals surface area contributed by atoms with Crippen molar-refractivity contribution >= 4 is 14.2 Å². The fraction of sp³-hybridized carbons (Fsp3) is 0.824. The number of nitrogens with zero attached hydrogens (tertiary/aromatic N) is 1. The molecule has 1 saturated heterocycles. The molecule has 21 heavy (non-hydrogen) atoms. The highest BCUT2D eigenvalue weighted by atomic mass is 28.4. The van der Waals surface area contributed by atoms with Crippen LogP contribution in [0.1, 0.15) is 47.0 Å². The smallest absolute Gasteiger partial charge is 0.227 e. The second kappa shape index (κ2) is 5.44. The van der Waals surface area contributed by atoms with Crippen molar-refractivity contribution < 1.29 is 9.22 Å². The van der Waals surface area contributed by atoms with Gasteiger partial charge in [0, 0.05) is 12.3 Å². The summed E-state index contributed by atoms with van der Waals surface area (Å²) in [6, 6.07) is -0.00357. The normalized spacial score (nSPS) is 30.3. The fourth-order valence-corrected chi connectivity index (χ4v) is 4.14. The lowest BCUT2D eigenvalue weighted by Gasteiger charge is -2.39. The van der Waals surface area contributed by atoms with Gasteiger partial charge in [-0.3, -0.25) is 4.79 Å². The number of likely N-dealkylation sites (tertiary alicyclic amines) is 1. The summed E-state index contributed by atoms with van der Waals surface area (Å²) in [6.45, 7) is 13.3. The molecule has 0 N–H and O–H groups in total. The maximum Gasteiger partial charge on any atom is 0.227 e. The molecule has 1 aliphatic heterocycles. The molecular weight excluding hydrogens is 278 g/mol. The van der Waals surface area contributed by atoms with Gasteiger partial charge in [-0.2, -0.15) is 0 Å². The highest BCUT2D eigenvalue weighted by Crippen LogP contribution is 2.41. The predicted octanol–water partition coefficient (Wildman–Crippen LogP) is 3.41. The van der Waals surface area contributed by atoms with Crippen molar-refractivity contribution in [2.24, 2.45) is 5.92 Å². The standard InChI is InChI=1S/C17H29NO2Si/c1-8-14-11-15(20-21(6,7)17(3,4)5)12(2)18(14)16(19)13-9-10-13/h1,12-15H,9-11H2,2-7H3/t12?,14-,15-/m0/s1. The Hall–Kier alpha value is -0.793. The summed E-state index contributed by atoms with van der Waals surface area (Å²) in [7, 11) is -1.84. The summed E-state index contributed by atoms with van der Waals surface area (Å²) in [4.78, 5) is 14.4. The molecule has 118 valence electrons. The van der Waals surface area contributed by atoms with Crippen LogP contribution in [0.25, 0.3) is 0 Å². The van der Waals surface area contributed by atoms with Crippen LogP contribution in [0, 0.1) is 18.3 Å². The van der Waals surface area contributed by atoms with Crippen molar-refractivity contribution in [1.82, 2.24) is 4.90 Å². The summed E-state index contributed by atoms with van der Waals surface area (Å²) < 4.78 is 6.54. The van der Waals surface area contributed by atoms with E-state index in [4.69, 9.17) is 10.8 Å². The van der Waals surface area contributed by atoms with E-state index >= 15 is 0 Å². The zero-order valence-corrected chi connectivity index (χ0v) is 15.3. The lowest BCUT2D eigenvalue weighted by atomic mass is 10.2. The average molecular weight is 308 g/mol. The highest BCUT2D eigenvalue weighted by molar-refractivity contribution is 6.74. The SMILES string of the molecule is C#C[C@H]1C[C@H](O[Si](C)(C)C(C)(C)C)C(C)N1C(=O)C1CC1. The van der Waals surface area contributed by atoms with E-state index < -0.39 is 8.32 Å². The molecular formula is C17H29NO2Si. The number of amides is 1. The van der Waals surface area contributed by atoms with Gasteiger partial charge >= 0.3 is 0 Å². The first-order valence-corrected chi connectivity index (χ1v) is 11.0. The van der Waals surface area contributed by atoms with Crippen LogP contribution in [0.15, 0.2) is 0 Å². The van der Waals surface area contributed by atoms with E-state index in [0.717, 1.165) is 19.3 Å². The van der Waals surface area contributed by atoms with Gasteiger partial charge < -0.3 is 9.33 Å². The van der Waals surface area contributed by atoms with Gasteiger partial charge in [0.25, 0.3) is 0 Å². The van der Waals surface area contributed by atoms with Crippen LogP contribution in [-0.2, 0) is 9.22 Å². The Morgan fingerprint density at radius 3 is 2.33 bits per heavy atom. The molecule has 3 nitrogen and oxygen atoms in total. The number of carbonyl (C=O) groups excluding carboxylic acids is 1. The number of rotatable bonds is 3. The van der Waals surface area contributed by atoms with Gasteiger partial charge in [0.1, 0.15) is 0 Å². The van der Waals surface area contributed by atoms with Gasteiger partial charge in [0.15, 0.2) is 8.32 Å². The Balaban J connectivity index is 2.13. The first kappa shape index (κ1) is 16.6. The van der Waals surface area contributed by atoms with E-state index in [1.54, 1.807) is 0 Å². The molecule has 0 aromatic rings. The van der Waals surface area contributed by atoms with Gasteiger partial charge in [-0.15, -0.1) is 6.42 Å². The van der Waals surface area contributed by atoms with Gasteiger partial charge in [0.2, 0.25) is 5.91 Å². The van der Waals surface area contributed by atoms with Gasteiger partial charge in [0.05, 0.1) is 18.2 Å². The molecule has 2 fully saturated rings. The maximum atomic E-state index is 12.5. The average Bonchev–Trinajstić information content (AvgIpc) is 3.14. The minimum absolute atomic E-state index is 0.0784. The molecule has 2 rings (SSSR count). The molecule has 1 heterocycles. The molecule has 1 aliphatic carbocycles. The Morgan fingerprint density at radius 1 is 1.33 bits per heavy atom. The van der Waals surface area contributed by atoms with E-state index in [0.29, 0.717) is 0 Å². The molecule has 1 amide bonds. The van der Waals surface area contributed by atoms with Crippen LogP contribution in [-0.4, -0.2) is 37.3 Å². The second-order valence-corrected chi connectivity index (χ2v) is 12.9. The van der Waals surface area contributed by atoms with Gasteiger partial charge in [-0.05, 0) is 37.9 Å². The third-order valence-electron chi connectivity index (χ3n) is 5.39. The van der Waals surface area contributed by atoms with Crippen molar-refractivity contribution in [2.75, 3.05) is 0 Å². The molecule has 0 bridgehead atoms. The monoisotopic (exact) mass is 307 g/mol. The van der Waals surface area contributed by atoms with Gasteiger partial charge in [-0.25, -0.2) is 0 Å². The first-order chi connectivity index (χ1) is 9.58. The number of hydrogen-bond acceptors (Lipinski definition) is 2. The summed E-state index contributed by atoms with van der Waals surface area (Å²) in [6.07, 6.45) is 8.57. The zero-order valence-electron chi connectivity index (χ0n) is 14.3. The largest absolute Gasteiger partial charge is 0.412 e. The summed E-state index contributed by atoms with van der Waals surface area (Å²) in [5, 5.41) is 0.173. The molecule has 0 radical (unpaired) electrons. The lowest BCUT2D eigenvalue weighted by Crippen LogP contribution is -2.48. The van der Waals surface area contributed by atoms with Crippen LogP contribution < -0.4 is 0 Å². The fourth-order valence-electron chi connectivity index (χ4n) is 2.74. The third kappa shape index (κ3) is 3.19. The lowest BCUT2D eigenvalue weighted by molar-refractivity contribution is -0.134. The minimum Gasteiger partial charge on any atom is -0.412 e. The third-order valence-corrected chi connectivity index (χ3v) is 9.90. The van der Waals surface area contributed by atoms with Crippen molar-refractivity contribution in [1.29, 1.82) is 0 Å². The molecule has 0 aromatic carbocycles. The van der Waals surface area contributed by atoms with E-state index in [9.17, 15) is 4.79 Å². The Labute approximate surface area is 130 Å². The molecule has 1 unspecified atom stereocenters. The number of hydrogen-bond donors (Lipinski definition) is 0. The molecule has 2 aliphatic rings. The topological polar surface area (TPSA) is 29.5 Å². The van der Waals surface area contributed by atoms with E-state index in [2.05, 4.69) is 46.7 Å². The quantitative estimate of drug-likeness (QED) is 0.591. The molecule has 1 saturated carbocycles. The molecule has 3 atom stereocenters. The van der Waals surface area contributed by atoms with Crippen molar-refractivity contribution in [3.8, 4) is 12.3 Å². The molecule has 0 aromatic heterocycles. The summed E-state index contributed by atoms with van der Waals surface area (Å²) in [5.74, 6) is 3.26. The van der Waals surface area contributed by atoms with E-state index in [1.807, 2.05) is 4.90 Å². The number of carbonyl (C=O) groups is 1. The number of terminal acetylenes is 1. The predicted molar refractivity (Wildman–Crippen MR) is 88.3 cm³/mol.